The van der Waals surface area contributed by atoms with E-state index in [0.29, 0.717) is 5.92 Å². The second-order valence-electron chi connectivity index (χ2n) is 4.24. The van der Waals surface area contributed by atoms with Gasteiger partial charge >= 0.3 is 0 Å². The summed E-state index contributed by atoms with van der Waals surface area (Å²) in [5.74, 6) is 1.53. The lowest BCUT2D eigenvalue weighted by atomic mass is 9.80. The van der Waals surface area contributed by atoms with E-state index in [0.717, 1.165) is 5.92 Å². The molecule has 0 bridgehead atoms. The number of hydrogen-bond donors (Lipinski definition) is 0. The Bertz CT molecular complexity index is 205. The van der Waals surface area contributed by atoms with E-state index in [1.54, 1.807) is 0 Å². The first kappa shape index (κ1) is 12.0. The molecule has 0 saturated carbocycles. The van der Waals surface area contributed by atoms with Crippen molar-refractivity contribution in [1.82, 2.24) is 0 Å². The van der Waals surface area contributed by atoms with Crippen LogP contribution < -0.4 is 0 Å². The number of rotatable bonds is 5. The summed E-state index contributed by atoms with van der Waals surface area (Å²) in [6.07, 6.45) is 12.4. The van der Waals surface area contributed by atoms with E-state index in [1.807, 2.05) is 0 Å². The van der Waals surface area contributed by atoms with Gasteiger partial charge < -0.3 is 0 Å². The summed E-state index contributed by atoms with van der Waals surface area (Å²) in [4.78, 5) is 0. The Kier molecular flexibility index (Phi) is 5.54. The molecule has 0 aliphatic heterocycles. The molecule has 14 heavy (non-hydrogen) atoms. The van der Waals surface area contributed by atoms with Crippen molar-refractivity contribution in [3.05, 3.63) is 23.2 Å². The molecule has 1 aliphatic rings. The maximum Gasteiger partial charge on any atom is -0.00702 e. The van der Waals surface area contributed by atoms with Crippen molar-refractivity contribution >= 4 is 15.9 Å². The fraction of sp³-hybridized carbons (Fsp3) is 0.692. The zero-order chi connectivity index (χ0) is 10.4. The highest BCUT2D eigenvalue weighted by atomic mass is 79.9. The predicted octanol–water partition coefficient (Wildman–Crippen LogP) is 5.06. The van der Waals surface area contributed by atoms with Crippen LogP contribution in [0, 0.1) is 11.8 Å². The topological polar surface area (TPSA) is 0 Å². The highest BCUT2D eigenvalue weighted by Gasteiger charge is 2.22. The van der Waals surface area contributed by atoms with Gasteiger partial charge in [0, 0.05) is 0 Å². The monoisotopic (exact) mass is 256 g/mol. The van der Waals surface area contributed by atoms with Crippen molar-refractivity contribution in [1.29, 1.82) is 0 Å². The molecule has 0 aromatic heterocycles. The van der Waals surface area contributed by atoms with E-state index in [9.17, 15) is 0 Å². The third kappa shape index (κ3) is 3.61. The molecule has 0 spiro atoms. The predicted molar refractivity (Wildman–Crippen MR) is 67.6 cm³/mol. The average molecular weight is 257 g/mol. The second-order valence-corrected chi connectivity index (χ2v) is 5.26. The molecule has 1 rings (SSSR count). The molecule has 1 aliphatic carbocycles. The van der Waals surface area contributed by atoms with E-state index >= 15 is 0 Å². The lowest BCUT2D eigenvalue weighted by Crippen LogP contribution is -2.16. The zero-order valence-electron chi connectivity index (χ0n) is 9.14. The Labute approximate surface area is 96.6 Å². The van der Waals surface area contributed by atoms with Gasteiger partial charge in [0.1, 0.15) is 0 Å². The van der Waals surface area contributed by atoms with Crippen molar-refractivity contribution in [2.45, 2.75) is 45.4 Å². The molecule has 0 heterocycles. The maximum absolute atomic E-state index is 4.08. The summed E-state index contributed by atoms with van der Waals surface area (Å²) in [7, 11) is 0. The van der Waals surface area contributed by atoms with Crippen LogP contribution in [-0.2, 0) is 0 Å². The number of hydrogen-bond acceptors (Lipinski definition) is 0. The van der Waals surface area contributed by atoms with Crippen molar-refractivity contribution < 1.29 is 0 Å². The summed E-state index contributed by atoms with van der Waals surface area (Å²) in [5, 5.41) is 0. The zero-order valence-corrected chi connectivity index (χ0v) is 10.7. The third-order valence-corrected chi connectivity index (χ3v) is 3.74. The molecule has 1 heteroatoms. The van der Waals surface area contributed by atoms with Gasteiger partial charge in [0.2, 0.25) is 0 Å². The van der Waals surface area contributed by atoms with Gasteiger partial charge in [-0.25, -0.2) is 0 Å². The van der Waals surface area contributed by atoms with Gasteiger partial charge in [-0.05, 0) is 42.0 Å². The van der Waals surface area contributed by atoms with Gasteiger partial charge in [0.25, 0.3) is 0 Å². The average Bonchev–Trinajstić information content (AvgIpc) is 2.19. The van der Waals surface area contributed by atoms with Gasteiger partial charge in [0.15, 0.2) is 0 Å². The van der Waals surface area contributed by atoms with Gasteiger partial charge in [-0.3, -0.25) is 0 Å². The van der Waals surface area contributed by atoms with Crippen LogP contribution >= 0.6 is 15.9 Å². The van der Waals surface area contributed by atoms with E-state index in [2.05, 4.69) is 41.6 Å². The summed E-state index contributed by atoms with van der Waals surface area (Å²) < 4.78 is 1.21. The van der Waals surface area contributed by atoms with Crippen LogP contribution in [0.15, 0.2) is 23.2 Å². The van der Waals surface area contributed by atoms with Crippen LogP contribution in [0.25, 0.3) is 0 Å². The summed E-state index contributed by atoms with van der Waals surface area (Å²) in [6, 6.07) is 0. The Morgan fingerprint density at radius 1 is 1.57 bits per heavy atom. The van der Waals surface area contributed by atoms with E-state index < -0.39 is 0 Å². The first-order chi connectivity index (χ1) is 6.75. The number of allylic oxidation sites excluding steroid dienone is 3. The maximum atomic E-state index is 4.08. The Hall–Kier alpha value is -0.0400. The summed E-state index contributed by atoms with van der Waals surface area (Å²) >= 11 is 3.59. The highest BCUT2D eigenvalue weighted by molar-refractivity contribution is 9.11. The largest absolute Gasteiger partial charge is 0.0886 e. The molecule has 0 radical (unpaired) electrons. The van der Waals surface area contributed by atoms with E-state index in [1.165, 1.54) is 43.0 Å². The smallest absolute Gasteiger partial charge is 0.00702 e. The third-order valence-electron chi connectivity index (χ3n) is 3.15. The first-order valence-electron chi connectivity index (χ1n) is 5.75. The quantitative estimate of drug-likeness (QED) is 0.604. The van der Waals surface area contributed by atoms with Crippen LogP contribution in [0.4, 0.5) is 0 Å². The minimum atomic E-state index is 0.694. The minimum Gasteiger partial charge on any atom is -0.0886 e. The fourth-order valence-electron chi connectivity index (χ4n) is 2.25. The van der Waals surface area contributed by atoms with Crippen LogP contribution in [0.1, 0.15) is 45.4 Å². The molecule has 0 saturated heterocycles. The van der Waals surface area contributed by atoms with Gasteiger partial charge in [0.05, 0.1) is 0 Å². The molecule has 2 unspecified atom stereocenters. The Morgan fingerprint density at radius 3 is 2.86 bits per heavy atom. The number of halogens is 1. The molecule has 80 valence electrons. The Balaban J connectivity index is 2.48. The van der Waals surface area contributed by atoms with Crippen LogP contribution in [0.5, 0.6) is 0 Å². The van der Waals surface area contributed by atoms with Crippen LogP contribution in [-0.4, -0.2) is 0 Å². The van der Waals surface area contributed by atoms with Crippen LogP contribution in [0.2, 0.25) is 0 Å². The van der Waals surface area contributed by atoms with Gasteiger partial charge in [-0.1, -0.05) is 54.4 Å². The second kappa shape index (κ2) is 6.44. The molecule has 0 fully saturated rings. The summed E-state index contributed by atoms with van der Waals surface area (Å²) in [5.41, 5.74) is 0. The normalized spacial score (nSPS) is 23.4. The highest BCUT2D eigenvalue weighted by Crippen LogP contribution is 2.36. The molecular formula is C13H21Br. The van der Waals surface area contributed by atoms with Gasteiger partial charge in [-0.2, -0.15) is 0 Å². The number of unbranched alkanes of at least 4 members (excludes halogenated alkanes) is 1. The molecule has 0 aromatic carbocycles. The summed E-state index contributed by atoms with van der Waals surface area (Å²) in [6.45, 7) is 6.33. The molecule has 0 N–H and O–H groups in total. The Morgan fingerprint density at radius 2 is 2.36 bits per heavy atom. The standard InChI is InChI=1S/C13H21Br/c1-3-4-10-13(11(2)14)12-8-6-5-7-9-12/h5-6,12-13H,2-4,7-10H2,1H3. The van der Waals surface area contributed by atoms with E-state index in [-0.39, 0.29) is 0 Å². The molecule has 0 aromatic rings. The fourth-order valence-corrected chi connectivity index (χ4v) is 2.86. The SMILES string of the molecule is C=C(Br)C(CCCC)C1CC=CCC1. The van der Waals surface area contributed by atoms with Crippen LogP contribution in [0.3, 0.4) is 0 Å². The van der Waals surface area contributed by atoms with Crippen molar-refractivity contribution in [2.24, 2.45) is 11.8 Å². The lowest BCUT2D eigenvalue weighted by Gasteiger charge is -2.27. The van der Waals surface area contributed by atoms with E-state index in [4.69, 9.17) is 0 Å². The molecule has 0 amide bonds. The first-order valence-corrected chi connectivity index (χ1v) is 6.54. The van der Waals surface area contributed by atoms with Gasteiger partial charge in [-0.15, -0.1) is 0 Å². The van der Waals surface area contributed by atoms with Crippen molar-refractivity contribution in [3.63, 3.8) is 0 Å². The van der Waals surface area contributed by atoms with Crippen molar-refractivity contribution in [3.8, 4) is 0 Å². The lowest BCUT2D eigenvalue weighted by molar-refractivity contribution is 0.337. The van der Waals surface area contributed by atoms with Crippen molar-refractivity contribution in [2.75, 3.05) is 0 Å². The minimum absolute atomic E-state index is 0.694. The molecule has 0 nitrogen and oxygen atoms in total. The molecular weight excluding hydrogens is 236 g/mol. The molecule has 2 atom stereocenters.